The largest absolute Gasteiger partial charge is 0.337 e. The number of nitrogens with zero attached hydrogens (tertiary/aromatic N) is 2. The minimum absolute atomic E-state index is 0.432. The topological polar surface area (TPSA) is 37.8 Å². The normalized spacial score (nSPS) is 13.9. The number of aromatic nitrogens is 2. The minimum Gasteiger partial charge on any atom is -0.337 e. The molecule has 2 aromatic rings. The van der Waals surface area contributed by atoms with Gasteiger partial charge in [-0.1, -0.05) is 23.7 Å². The van der Waals surface area contributed by atoms with Crippen LogP contribution in [0.4, 0.5) is 11.5 Å². The van der Waals surface area contributed by atoms with Crippen LogP contribution < -0.4 is 5.32 Å². The highest BCUT2D eigenvalue weighted by Gasteiger charge is 2.15. The summed E-state index contributed by atoms with van der Waals surface area (Å²) >= 11 is 6.20. The molecule has 0 amide bonds. The lowest BCUT2D eigenvalue weighted by molar-refractivity contribution is 0.687. The first-order chi connectivity index (χ1) is 9.65. The summed E-state index contributed by atoms with van der Waals surface area (Å²) in [5.41, 5.74) is 5.73. The van der Waals surface area contributed by atoms with Crippen molar-refractivity contribution in [1.29, 1.82) is 0 Å². The van der Waals surface area contributed by atoms with E-state index in [1.165, 1.54) is 24.0 Å². The van der Waals surface area contributed by atoms with Gasteiger partial charge in [-0.2, -0.15) is 0 Å². The Hall–Kier alpha value is -1.61. The number of halogens is 1. The van der Waals surface area contributed by atoms with Crippen LogP contribution in [0.15, 0.2) is 18.2 Å². The molecule has 0 bridgehead atoms. The van der Waals surface area contributed by atoms with Gasteiger partial charge in [0.2, 0.25) is 0 Å². The highest BCUT2D eigenvalue weighted by atomic mass is 35.5. The molecule has 0 saturated carbocycles. The summed E-state index contributed by atoms with van der Waals surface area (Å²) in [6, 6.07) is 6.40. The zero-order valence-corrected chi connectivity index (χ0v) is 12.6. The van der Waals surface area contributed by atoms with Gasteiger partial charge in [-0.05, 0) is 56.7 Å². The molecule has 1 aliphatic rings. The Morgan fingerprint density at radius 3 is 2.65 bits per heavy atom. The van der Waals surface area contributed by atoms with E-state index in [1.54, 1.807) is 0 Å². The SMILES string of the molecule is Cc1nc(Cl)c(Nc2cccc3c2CCCC3)nc1C. The Balaban J connectivity index is 1.98. The molecular formula is C16H18ClN3. The Labute approximate surface area is 124 Å². The average molecular weight is 288 g/mol. The number of rotatable bonds is 2. The fraction of sp³-hybridized carbons (Fsp3) is 0.375. The van der Waals surface area contributed by atoms with E-state index in [-0.39, 0.29) is 0 Å². The maximum Gasteiger partial charge on any atom is 0.172 e. The fourth-order valence-electron chi connectivity index (χ4n) is 2.68. The maximum absolute atomic E-state index is 6.20. The molecule has 1 heterocycles. The second-order valence-corrected chi connectivity index (χ2v) is 5.67. The van der Waals surface area contributed by atoms with Crippen LogP contribution >= 0.6 is 11.6 Å². The number of hydrogen-bond donors (Lipinski definition) is 1. The van der Waals surface area contributed by atoms with Crippen molar-refractivity contribution in [3.63, 3.8) is 0 Å². The first-order valence-corrected chi connectivity index (χ1v) is 7.41. The molecule has 1 N–H and O–H groups in total. The third-order valence-corrected chi connectivity index (χ3v) is 4.18. The molecule has 0 atom stereocenters. The first-order valence-electron chi connectivity index (χ1n) is 7.03. The number of aryl methyl sites for hydroxylation is 3. The van der Waals surface area contributed by atoms with E-state index in [0.717, 1.165) is 29.9 Å². The van der Waals surface area contributed by atoms with Crippen molar-refractivity contribution in [3.8, 4) is 0 Å². The van der Waals surface area contributed by atoms with E-state index in [9.17, 15) is 0 Å². The predicted octanol–water partition coefficient (Wildman–Crippen LogP) is 4.37. The summed E-state index contributed by atoms with van der Waals surface area (Å²) < 4.78 is 0. The van der Waals surface area contributed by atoms with Crippen LogP contribution in [0.2, 0.25) is 5.15 Å². The van der Waals surface area contributed by atoms with Gasteiger partial charge in [-0.15, -0.1) is 0 Å². The minimum atomic E-state index is 0.432. The van der Waals surface area contributed by atoms with Gasteiger partial charge < -0.3 is 5.32 Å². The van der Waals surface area contributed by atoms with Gasteiger partial charge in [-0.25, -0.2) is 9.97 Å². The lowest BCUT2D eigenvalue weighted by Crippen LogP contribution is -2.08. The molecule has 1 aromatic carbocycles. The zero-order valence-electron chi connectivity index (χ0n) is 11.8. The quantitative estimate of drug-likeness (QED) is 0.891. The zero-order chi connectivity index (χ0) is 14.1. The third-order valence-electron chi connectivity index (χ3n) is 3.91. The van der Waals surface area contributed by atoms with Gasteiger partial charge in [0.15, 0.2) is 11.0 Å². The Morgan fingerprint density at radius 2 is 1.80 bits per heavy atom. The van der Waals surface area contributed by atoms with E-state index in [2.05, 4.69) is 33.5 Å². The highest BCUT2D eigenvalue weighted by Crippen LogP contribution is 2.31. The van der Waals surface area contributed by atoms with Gasteiger partial charge in [0.1, 0.15) is 0 Å². The second kappa shape index (κ2) is 5.41. The van der Waals surface area contributed by atoms with Crippen LogP contribution in [0.5, 0.6) is 0 Å². The van der Waals surface area contributed by atoms with E-state index in [1.807, 2.05) is 13.8 Å². The predicted molar refractivity (Wildman–Crippen MR) is 82.9 cm³/mol. The Morgan fingerprint density at radius 1 is 1.05 bits per heavy atom. The molecule has 104 valence electrons. The standard InChI is InChI=1S/C16H18ClN3/c1-10-11(2)19-16(15(17)18-10)20-14-9-5-7-12-6-3-4-8-13(12)14/h5,7,9H,3-4,6,8H2,1-2H3,(H,19,20). The summed E-state index contributed by atoms with van der Waals surface area (Å²) in [6.45, 7) is 3.87. The smallest absolute Gasteiger partial charge is 0.172 e. The average Bonchev–Trinajstić information content (AvgIpc) is 2.45. The summed E-state index contributed by atoms with van der Waals surface area (Å²) in [5.74, 6) is 0.647. The number of fused-ring (bicyclic) bond motifs is 1. The van der Waals surface area contributed by atoms with Crippen LogP contribution in [0.25, 0.3) is 0 Å². The second-order valence-electron chi connectivity index (χ2n) is 5.31. The molecular weight excluding hydrogens is 270 g/mol. The van der Waals surface area contributed by atoms with E-state index >= 15 is 0 Å². The van der Waals surface area contributed by atoms with Gasteiger partial charge >= 0.3 is 0 Å². The molecule has 0 radical (unpaired) electrons. The van der Waals surface area contributed by atoms with Crippen molar-refractivity contribution in [1.82, 2.24) is 9.97 Å². The highest BCUT2D eigenvalue weighted by molar-refractivity contribution is 6.31. The Bertz CT molecular complexity index is 652. The number of benzene rings is 1. The maximum atomic E-state index is 6.20. The summed E-state index contributed by atoms with van der Waals surface area (Å²) in [4.78, 5) is 8.83. The van der Waals surface area contributed by atoms with Crippen molar-refractivity contribution >= 4 is 23.1 Å². The molecule has 4 heteroatoms. The van der Waals surface area contributed by atoms with Crippen molar-refractivity contribution in [2.45, 2.75) is 39.5 Å². The lowest BCUT2D eigenvalue weighted by Gasteiger charge is -2.20. The van der Waals surface area contributed by atoms with Gasteiger partial charge in [0.25, 0.3) is 0 Å². The Kier molecular flexibility index (Phi) is 3.62. The third kappa shape index (κ3) is 2.50. The van der Waals surface area contributed by atoms with Gasteiger partial charge in [-0.3, -0.25) is 0 Å². The molecule has 1 aromatic heterocycles. The lowest BCUT2D eigenvalue weighted by atomic mass is 9.90. The van der Waals surface area contributed by atoms with Gasteiger partial charge in [0, 0.05) is 5.69 Å². The summed E-state index contributed by atoms with van der Waals surface area (Å²) in [6.07, 6.45) is 4.81. The summed E-state index contributed by atoms with van der Waals surface area (Å²) in [7, 11) is 0. The molecule has 1 aliphatic carbocycles. The van der Waals surface area contributed by atoms with E-state index < -0.39 is 0 Å². The fourth-order valence-corrected chi connectivity index (χ4v) is 2.90. The molecule has 0 aliphatic heterocycles. The van der Waals surface area contributed by atoms with Crippen molar-refractivity contribution < 1.29 is 0 Å². The molecule has 0 fully saturated rings. The number of anilines is 2. The number of nitrogens with one attached hydrogen (secondary N) is 1. The van der Waals surface area contributed by atoms with Gasteiger partial charge in [0.05, 0.1) is 11.4 Å². The molecule has 0 unspecified atom stereocenters. The van der Waals surface area contributed by atoms with E-state index in [4.69, 9.17) is 11.6 Å². The van der Waals surface area contributed by atoms with Crippen molar-refractivity contribution in [3.05, 3.63) is 45.9 Å². The monoisotopic (exact) mass is 287 g/mol. The van der Waals surface area contributed by atoms with Crippen molar-refractivity contribution in [2.24, 2.45) is 0 Å². The van der Waals surface area contributed by atoms with Crippen LogP contribution in [0.3, 0.4) is 0 Å². The van der Waals surface area contributed by atoms with Crippen LogP contribution in [0.1, 0.15) is 35.4 Å². The molecule has 20 heavy (non-hydrogen) atoms. The summed E-state index contributed by atoms with van der Waals surface area (Å²) in [5, 5.41) is 3.79. The van der Waals surface area contributed by atoms with Crippen molar-refractivity contribution in [2.75, 3.05) is 5.32 Å². The van der Waals surface area contributed by atoms with Crippen LogP contribution in [0, 0.1) is 13.8 Å². The molecule has 0 saturated heterocycles. The molecule has 3 rings (SSSR count). The van der Waals surface area contributed by atoms with Crippen LogP contribution in [-0.4, -0.2) is 9.97 Å². The molecule has 0 spiro atoms. The van der Waals surface area contributed by atoms with E-state index in [0.29, 0.717) is 11.0 Å². The molecule has 3 nitrogen and oxygen atoms in total. The number of hydrogen-bond acceptors (Lipinski definition) is 3. The first kappa shape index (κ1) is 13.4. The van der Waals surface area contributed by atoms with Crippen LogP contribution in [-0.2, 0) is 12.8 Å².